The van der Waals surface area contributed by atoms with Crippen molar-refractivity contribution in [3.8, 4) is 0 Å². The number of hydrogen-bond acceptors (Lipinski definition) is 4. The van der Waals surface area contributed by atoms with E-state index in [4.69, 9.17) is 0 Å². The molecule has 1 heterocycles. The summed E-state index contributed by atoms with van der Waals surface area (Å²) < 4.78 is 26.9. The summed E-state index contributed by atoms with van der Waals surface area (Å²) in [6, 6.07) is 1.75. The van der Waals surface area contributed by atoms with Crippen LogP contribution < -0.4 is 10.0 Å². The van der Waals surface area contributed by atoms with Gasteiger partial charge in [-0.2, -0.15) is 0 Å². The van der Waals surface area contributed by atoms with E-state index in [0.29, 0.717) is 23.9 Å². The van der Waals surface area contributed by atoms with Crippen LogP contribution in [-0.2, 0) is 16.6 Å². The van der Waals surface area contributed by atoms with Gasteiger partial charge < -0.3 is 5.32 Å². The van der Waals surface area contributed by atoms with E-state index >= 15 is 0 Å². The van der Waals surface area contributed by atoms with Gasteiger partial charge in [0.05, 0.1) is 4.90 Å². The van der Waals surface area contributed by atoms with Gasteiger partial charge in [0, 0.05) is 23.3 Å². The lowest BCUT2D eigenvalue weighted by Crippen LogP contribution is -2.28. The summed E-state index contributed by atoms with van der Waals surface area (Å²) in [5.41, 5.74) is 0. The molecule has 4 nitrogen and oxygen atoms in total. The molecule has 2 rings (SSSR count). The third kappa shape index (κ3) is 3.54. The average Bonchev–Trinajstić information content (AvgIpc) is 2.98. The first-order valence-electron chi connectivity index (χ1n) is 6.33. The Balaban J connectivity index is 1.95. The Hall–Kier alpha value is -0.430. The third-order valence-electron chi connectivity index (χ3n) is 3.33. The Kier molecular flexibility index (Phi) is 4.77. The van der Waals surface area contributed by atoms with Crippen molar-refractivity contribution in [3.05, 3.63) is 16.3 Å². The largest absolute Gasteiger partial charge is 0.315 e. The fourth-order valence-electron chi connectivity index (χ4n) is 2.29. The van der Waals surface area contributed by atoms with Crippen LogP contribution in [0.1, 0.15) is 30.6 Å². The SMILES string of the molecule is CNCc1cc(S(=O)(=O)NCC2CCCC2)cs1. The molecule has 0 aromatic carbocycles. The minimum absolute atomic E-state index is 0.399. The molecule has 1 aliphatic carbocycles. The Morgan fingerprint density at radius 1 is 1.39 bits per heavy atom. The molecular formula is C12H20N2O2S2. The second-order valence-corrected chi connectivity index (χ2v) is 7.54. The van der Waals surface area contributed by atoms with E-state index in [2.05, 4.69) is 10.0 Å². The van der Waals surface area contributed by atoms with Gasteiger partial charge in [0.15, 0.2) is 0 Å². The van der Waals surface area contributed by atoms with Crippen molar-refractivity contribution in [2.75, 3.05) is 13.6 Å². The van der Waals surface area contributed by atoms with Crippen LogP contribution in [0.25, 0.3) is 0 Å². The topological polar surface area (TPSA) is 58.2 Å². The fourth-order valence-corrected chi connectivity index (χ4v) is 4.70. The van der Waals surface area contributed by atoms with Gasteiger partial charge in [0.2, 0.25) is 10.0 Å². The van der Waals surface area contributed by atoms with Gasteiger partial charge in [-0.3, -0.25) is 0 Å². The van der Waals surface area contributed by atoms with Crippen LogP contribution >= 0.6 is 11.3 Å². The molecule has 102 valence electrons. The van der Waals surface area contributed by atoms with Crippen LogP contribution in [0.5, 0.6) is 0 Å². The number of sulfonamides is 1. The zero-order valence-electron chi connectivity index (χ0n) is 10.6. The molecule has 0 unspecified atom stereocenters. The second-order valence-electron chi connectivity index (χ2n) is 4.78. The molecule has 2 N–H and O–H groups in total. The molecule has 1 saturated carbocycles. The van der Waals surface area contributed by atoms with E-state index in [1.165, 1.54) is 24.2 Å². The average molecular weight is 288 g/mol. The monoisotopic (exact) mass is 288 g/mol. The van der Waals surface area contributed by atoms with E-state index in [1.807, 2.05) is 7.05 Å². The highest BCUT2D eigenvalue weighted by Crippen LogP contribution is 2.25. The quantitative estimate of drug-likeness (QED) is 0.841. The number of nitrogens with one attached hydrogen (secondary N) is 2. The van der Waals surface area contributed by atoms with Crippen molar-refractivity contribution < 1.29 is 8.42 Å². The molecule has 0 bridgehead atoms. The first-order chi connectivity index (χ1) is 8.62. The predicted molar refractivity (Wildman–Crippen MR) is 74.2 cm³/mol. The Morgan fingerprint density at radius 2 is 2.11 bits per heavy atom. The third-order valence-corrected chi connectivity index (χ3v) is 5.82. The number of rotatable bonds is 6. The van der Waals surface area contributed by atoms with Gasteiger partial charge in [-0.25, -0.2) is 13.1 Å². The van der Waals surface area contributed by atoms with Gasteiger partial charge >= 0.3 is 0 Å². The molecule has 0 spiro atoms. The maximum absolute atomic E-state index is 12.1. The Labute approximate surface area is 113 Å². The highest BCUT2D eigenvalue weighted by molar-refractivity contribution is 7.89. The molecule has 1 aromatic heterocycles. The van der Waals surface area contributed by atoms with Crippen LogP contribution in [0, 0.1) is 5.92 Å². The highest BCUT2D eigenvalue weighted by Gasteiger charge is 2.20. The van der Waals surface area contributed by atoms with E-state index in [0.717, 1.165) is 17.7 Å². The van der Waals surface area contributed by atoms with Crippen molar-refractivity contribution in [3.63, 3.8) is 0 Å². The summed E-state index contributed by atoms with van der Waals surface area (Å²) in [4.78, 5) is 1.44. The Morgan fingerprint density at radius 3 is 2.78 bits per heavy atom. The van der Waals surface area contributed by atoms with E-state index in [1.54, 1.807) is 11.4 Å². The first kappa shape index (κ1) is 14.0. The van der Waals surface area contributed by atoms with Crippen molar-refractivity contribution >= 4 is 21.4 Å². The second kappa shape index (κ2) is 6.14. The molecule has 1 aliphatic rings. The molecule has 1 fully saturated rings. The zero-order chi connectivity index (χ0) is 13.0. The summed E-state index contributed by atoms with van der Waals surface area (Å²) in [6.45, 7) is 1.29. The van der Waals surface area contributed by atoms with Crippen LogP contribution in [0.2, 0.25) is 0 Å². The fraction of sp³-hybridized carbons (Fsp3) is 0.667. The van der Waals surface area contributed by atoms with Gasteiger partial charge in [-0.05, 0) is 31.9 Å². The van der Waals surface area contributed by atoms with Gasteiger partial charge in [0.25, 0.3) is 0 Å². The van der Waals surface area contributed by atoms with Gasteiger partial charge in [0.1, 0.15) is 0 Å². The minimum atomic E-state index is -3.31. The van der Waals surface area contributed by atoms with E-state index in [9.17, 15) is 8.42 Å². The normalized spacial score (nSPS) is 17.4. The lowest BCUT2D eigenvalue weighted by molar-refractivity contribution is 0.520. The molecule has 18 heavy (non-hydrogen) atoms. The Bertz CT molecular complexity index is 476. The maximum atomic E-state index is 12.1. The molecule has 6 heteroatoms. The summed E-state index contributed by atoms with van der Waals surface area (Å²) in [5.74, 6) is 0.523. The zero-order valence-corrected chi connectivity index (χ0v) is 12.2. The van der Waals surface area contributed by atoms with Crippen LogP contribution in [0.3, 0.4) is 0 Å². The smallest absolute Gasteiger partial charge is 0.241 e. The molecule has 0 radical (unpaired) electrons. The minimum Gasteiger partial charge on any atom is -0.315 e. The molecular weight excluding hydrogens is 268 g/mol. The number of thiophene rings is 1. The van der Waals surface area contributed by atoms with Crippen LogP contribution in [0.15, 0.2) is 16.3 Å². The number of hydrogen-bond donors (Lipinski definition) is 2. The van der Waals surface area contributed by atoms with Gasteiger partial charge in [-0.15, -0.1) is 11.3 Å². The van der Waals surface area contributed by atoms with Crippen LogP contribution in [-0.4, -0.2) is 22.0 Å². The lowest BCUT2D eigenvalue weighted by atomic mass is 10.1. The molecule has 0 atom stereocenters. The molecule has 1 aromatic rings. The molecule has 0 amide bonds. The van der Waals surface area contributed by atoms with E-state index < -0.39 is 10.0 Å². The van der Waals surface area contributed by atoms with E-state index in [-0.39, 0.29) is 0 Å². The summed E-state index contributed by atoms with van der Waals surface area (Å²) in [6.07, 6.45) is 4.77. The van der Waals surface area contributed by atoms with Gasteiger partial charge in [-0.1, -0.05) is 12.8 Å². The summed E-state index contributed by atoms with van der Waals surface area (Å²) in [7, 11) is -1.46. The summed E-state index contributed by atoms with van der Waals surface area (Å²) in [5, 5.41) is 4.73. The first-order valence-corrected chi connectivity index (χ1v) is 8.70. The van der Waals surface area contributed by atoms with Crippen LogP contribution in [0.4, 0.5) is 0 Å². The lowest BCUT2D eigenvalue weighted by Gasteiger charge is -2.10. The van der Waals surface area contributed by atoms with Crippen molar-refractivity contribution in [2.24, 2.45) is 5.92 Å². The molecule has 0 aliphatic heterocycles. The predicted octanol–water partition coefficient (Wildman–Crippen LogP) is 1.94. The molecule has 0 saturated heterocycles. The standard InChI is InChI=1S/C12H20N2O2S2/c1-13-8-11-6-12(9-17-11)18(15,16)14-7-10-4-2-3-5-10/h6,9-10,13-14H,2-5,7-8H2,1H3. The highest BCUT2D eigenvalue weighted by atomic mass is 32.2. The van der Waals surface area contributed by atoms with Crippen molar-refractivity contribution in [1.29, 1.82) is 0 Å². The maximum Gasteiger partial charge on any atom is 0.241 e. The van der Waals surface area contributed by atoms with Crippen molar-refractivity contribution in [2.45, 2.75) is 37.1 Å². The summed E-state index contributed by atoms with van der Waals surface area (Å²) >= 11 is 1.48. The van der Waals surface area contributed by atoms with Crippen molar-refractivity contribution in [1.82, 2.24) is 10.0 Å².